The molecule has 40 heavy (non-hydrogen) atoms. The lowest BCUT2D eigenvalue weighted by atomic mass is 9.93. The van der Waals surface area contributed by atoms with Gasteiger partial charge in [0.2, 0.25) is 15.9 Å². The number of rotatable bonds is 6. The van der Waals surface area contributed by atoms with Gasteiger partial charge in [-0.25, -0.2) is 8.42 Å². The molecule has 3 heterocycles. The predicted molar refractivity (Wildman–Crippen MR) is 157 cm³/mol. The monoisotopic (exact) mass is 568 g/mol. The van der Waals surface area contributed by atoms with Gasteiger partial charge in [0.1, 0.15) is 5.69 Å². The summed E-state index contributed by atoms with van der Waals surface area (Å²) < 4.78 is 34.4. The molecular formula is C31H44N4O4S. The van der Waals surface area contributed by atoms with Crippen molar-refractivity contribution in [3.63, 3.8) is 0 Å². The molecule has 0 atom stereocenters. The third kappa shape index (κ3) is 6.06. The van der Waals surface area contributed by atoms with E-state index in [0.29, 0.717) is 37.7 Å². The van der Waals surface area contributed by atoms with Crippen molar-refractivity contribution in [2.45, 2.75) is 83.6 Å². The van der Waals surface area contributed by atoms with Gasteiger partial charge in [-0.1, -0.05) is 48.2 Å². The van der Waals surface area contributed by atoms with E-state index in [1.165, 1.54) is 42.0 Å². The van der Waals surface area contributed by atoms with Crippen molar-refractivity contribution in [3.05, 3.63) is 45.8 Å². The number of aryl methyl sites for hydroxylation is 4. The van der Waals surface area contributed by atoms with E-state index in [4.69, 9.17) is 4.52 Å². The van der Waals surface area contributed by atoms with Crippen LogP contribution in [0.15, 0.2) is 21.6 Å². The van der Waals surface area contributed by atoms with Gasteiger partial charge in [0.25, 0.3) is 0 Å². The fraction of sp³-hybridized carbons (Fsp3) is 0.613. The summed E-state index contributed by atoms with van der Waals surface area (Å²) in [6, 6.07) is 4.90. The molecule has 1 aromatic carbocycles. The van der Waals surface area contributed by atoms with Crippen LogP contribution >= 0.6 is 0 Å². The third-order valence-corrected chi connectivity index (χ3v) is 11.1. The highest BCUT2D eigenvalue weighted by Gasteiger charge is 2.37. The molecule has 1 amide bonds. The Morgan fingerprint density at radius 2 is 1.50 bits per heavy atom. The first-order valence-electron chi connectivity index (χ1n) is 14.9. The van der Waals surface area contributed by atoms with Crippen LogP contribution in [0.4, 0.5) is 0 Å². The van der Waals surface area contributed by atoms with E-state index < -0.39 is 10.0 Å². The molecule has 1 aromatic heterocycles. The van der Waals surface area contributed by atoms with Crippen molar-refractivity contribution in [1.82, 2.24) is 19.3 Å². The molecule has 3 fully saturated rings. The first-order chi connectivity index (χ1) is 19.1. The molecule has 8 nitrogen and oxygen atoms in total. The normalized spacial score (nSPS) is 20.9. The average molecular weight is 569 g/mol. The average Bonchev–Trinajstić information content (AvgIpc) is 3.33. The summed E-state index contributed by atoms with van der Waals surface area (Å²) in [7, 11) is -3.81. The van der Waals surface area contributed by atoms with Crippen LogP contribution in [0.5, 0.6) is 0 Å². The minimum atomic E-state index is -3.81. The topological polar surface area (TPSA) is 87.0 Å². The second-order valence-corrected chi connectivity index (χ2v) is 13.8. The number of nitrogens with zero attached hydrogens (tertiary/aromatic N) is 4. The Bertz CT molecular complexity index is 1320. The van der Waals surface area contributed by atoms with Crippen LogP contribution < -0.4 is 0 Å². The molecule has 0 N–H and O–H groups in total. The molecule has 5 rings (SSSR count). The van der Waals surface area contributed by atoms with E-state index in [9.17, 15) is 13.2 Å². The van der Waals surface area contributed by atoms with E-state index in [2.05, 4.69) is 29.1 Å². The first kappa shape index (κ1) is 29.0. The van der Waals surface area contributed by atoms with Crippen LogP contribution in [0, 0.1) is 33.6 Å². The SMILES string of the molecule is Cc1cc(C)c(/C=C/c2onc(C)c2S(=O)(=O)N2CCC(C(=O)N3CCN(C4CCCCC4)CC3)CC2)c(C)c1. The number of sulfonamides is 1. The van der Waals surface area contributed by atoms with Gasteiger partial charge < -0.3 is 9.42 Å². The van der Waals surface area contributed by atoms with Crippen LogP contribution in [-0.2, 0) is 14.8 Å². The van der Waals surface area contributed by atoms with Crippen LogP contribution in [0.3, 0.4) is 0 Å². The molecule has 9 heteroatoms. The summed E-state index contributed by atoms with van der Waals surface area (Å²) in [6.07, 6.45) is 11.3. The second kappa shape index (κ2) is 12.2. The van der Waals surface area contributed by atoms with Crippen LogP contribution in [-0.4, -0.2) is 78.9 Å². The Morgan fingerprint density at radius 3 is 2.12 bits per heavy atom. The van der Waals surface area contributed by atoms with Crippen molar-refractivity contribution in [2.24, 2.45) is 5.92 Å². The van der Waals surface area contributed by atoms with Gasteiger partial charge in [0.05, 0.1) is 0 Å². The van der Waals surface area contributed by atoms with Crippen LogP contribution in [0.2, 0.25) is 0 Å². The molecule has 0 bridgehead atoms. The van der Waals surface area contributed by atoms with Gasteiger partial charge in [-0.2, -0.15) is 4.31 Å². The summed E-state index contributed by atoms with van der Waals surface area (Å²) >= 11 is 0. The Hall–Kier alpha value is -2.49. The Kier molecular flexibility index (Phi) is 8.83. The number of carbonyl (C=O) groups excluding carboxylic acids is 1. The predicted octanol–water partition coefficient (Wildman–Crippen LogP) is 4.96. The Labute approximate surface area is 239 Å². The van der Waals surface area contributed by atoms with Crippen molar-refractivity contribution >= 4 is 28.1 Å². The molecule has 1 aliphatic carbocycles. The van der Waals surface area contributed by atoms with E-state index >= 15 is 0 Å². The molecule has 2 aromatic rings. The van der Waals surface area contributed by atoms with Gasteiger partial charge >= 0.3 is 0 Å². The fourth-order valence-electron chi connectivity index (χ4n) is 6.90. The van der Waals surface area contributed by atoms with Gasteiger partial charge in [0.15, 0.2) is 10.7 Å². The van der Waals surface area contributed by atoms with E-state index in [0.717, 1.165) is 42.9 Å². The smallest absolute Gasteiger partial charge is 0.248 e. The molecular weight excluding hydrogens is 524 g/mol. The highest BCUT2D eigenvalue weighted by molar-refractivity contribution is 7.89. The van der Waals surface area contributed by atoms with Gasteiger partial charge in [-0.3, -0.25) is 9.69 Å². The molecule has 1 saturated carbocycles. The number of piperidine rings is 1. The van der Waals surface area contributed by atoms with E-state index in [1.807, 2.05) is 24.8 Å². The highest BCUT2D eigenvalue weighted by Crippen LogP contribution is 2.31. The zero-order valence-corrected chi connectivity index (χ0v) is 25.3. The number of amides is 1. The molecule has 0 unspecified atom stereocenters. The van der Waals surface area contributed by atoms with Crippen molar-refractivity contribution in [2.75, 3.05) is 39.3 Å². The standard InChI is InChI=1S/C31H44N4O4S/c1-22-20-23(2)28(24(3)21-22)10-11-29-30(25(4)32-39-29)40(37,38)35-14-12-26(13-15-35)31(36)34-18-16-33(17-19-34)27-8-6-5-7-9-27/h10-11,20-21,26-27H,5-9,12-19H2,1-4H3/b11-10+. The molecule has 2 saturated heterocycles. The maximum absolute atomic E-state index is 13.7. The molecule has 0 radical (unpaired) electrons. The summed E-state index contributed by atoms with van der Waals surface area (Å²) in [4.78, 5) is 18.0. The lowest BCUT2D eigenvalue weighted by Crippen LogP contribution is -2.54. The minimum Gasteiger partial charge on any atom is -0.355 e. The highest BCUT2D eigenvalue weighted by atomic mass is 32.2. The van der Waals surface area contributed by atoms with Gasteiger partial charge in [-0.15, -0.1) is 0 Å². The van der Waals surface area contributed by atoms with Crippen LogP contribution in [0.25, 0.3) is 12.2 Å². The number of hydrogen-bond donors (Lipinski definition) is 0. The molecule has 2 aliphatic heterocycles. The second-order valence-electron chi connectivity index (χ2n) is 11.9. The fourth-order valence-corrected chi connectivity index (χ4v) is 8.62. The minimum absolute atomic E-state index is 0.120. The lowest BCUT2D eigenvalue weighted by molar-refractivity contribution is -0.139. The lowest BCUT2D eigenvalue weighted by Gasteiger charge is -2.42. The van der Waals surface area contributed by atoms with Crippen LogP contribution in [0.1, 0.15) is 78.7 Å². The summed E-state index contributed by atoms with van der Waals surface area (Å²) in [5.74, 6) is 0.308. The number of carbonyl (C=O) groups is 1. The Morgan fingerprint density at radius 1 is 0.875 bits per heavy atom. The maximum atomic E-state index is 13.7. The first-order valence-corrected chi connectivity index (χ1v) is 16.3. The molecule has 3 aliphatic rings. The summed E-state index contributed by atoms with van der Waals surface area (Å²) in [6.45, 7) is 11.9. The number of benzene rings is 1. The number of piperazine rings is 1. The van der Waals surface area contributed by atoms with Gasteiger partial charge in [0, 0.05) is 51.2 Å². The number of hydrogen-bond acceptors (Lipinski definition) is 6. The largest absolute Gasteiger partial charge is 0.355 e. The van der Waals surface area contributed by atoms with Crippen molar-refractivity contribution in [3.8, 4) is 0 Å². The van der Waals surface area contributed by atoms with Gasteiger partial charge in [-0.05, 0) is 76.1 Å². The zero-order chi connectivity index (χ0) is 28.4. The zero-order valence-electron chi connectivity index (χ0n) is 24.5. The third-order valence-electron chi connectivity index (χ3n) is 9.09. The van der Waals surface area contributed by atoms with E-state index in [-0.39, 0.29) is 22.5 Å². The van der Waals surface area contributed by atoms with Crippen molar-refractivity contribution in [1.29, 1.82) is 0 Å². The van der Waals surface area contributed by atoms with Crippen molar-refractivity contribution < 1.29 is 17.7 Å². The summed E-state index contributed by atoms with van der Waals surface area (Å²) in [5, 5.41) is 4.00. The molecule has 0 spiro atoms. The number of aromatic nitrogens is 1. The molecule has 218 valence electrons. The Balaban J connectivity index is 1.21. The maximum Gasteiger partial charge on any atom is 0.248 e. The summed E-state index contributed by atoms with van der Waals surface area (Å²) in [5.41, 5.74) is 4.83. The quantitative estimate of drug-likeness (QED) is 0.490. The van der Waals surface area contributed by atoms with E-state index in [1.54, 1.807) is 13.0 Å².